The van der Waals surface area contributed by atoms with Crippen LogP contribution in [-0.4, -0.2) is 22.3 Å². The van der Waals surface area contributed by atoms with Crippen LogP contribution in [0, 0.1) is 0 Å². The van der Waals surface area contributed by atoms with Crippen molar-refractivity contribution in [2.75, 3.05) is 11.9 Å². The Morgan fingerprint density at radius 1 is 1.20 bits per heavy atom. The van der Waals surface area contributed by atoms with Gasteiger partial charge in [0.25, 0.3) is 0 Å². The number of ether oxygens (including phenoxy) is 1. The summed E-state index contributed by atoms with van der Waals surface area (Å²) in [5.41, 5.74) is 2.30. The second-order valence-corrected chi connectivity index (χ2v) is 6.37. The van der Waals surface area contributed by atoms with Crippen molar-refractivity contribution in [2.24, 2.45) is 7.05 Å². The summed E-state index contributed by atoms with van der Waals surface area (Å²) in [5.74, 6) is 1.60. The van der Waals surface area contributed by atoms with Crippen LogP contribution in [0.3, 0.4) is 0 Å². The number of nitrogens with zero attached hydrogens (tertiary/aromatic N) is 2. The van der Waals surface area contributed by atoms with Gasteiger partial charge in [-0.25, -0.2) is 0 Å². The Morgan fingerprint density at radius 3 is 2.96 bits per heavy atom. The van der Waals surface area contributed by atoms with Crippen molar-refractivity contribution < 1.29 is 9.53 Å². The molecule has 0 fully saturated rings. The van der Waals surface area contributed by atoms with Gasteiger partial charge in [0.1, 0.15) is 11.6 Å². The highest BCUT2D eigenvalue weighted by molar-refractivity contribution is 5.91. The molecule has 1 N–H and O–H groups in total. The highest BCUT2D eigenvalue weighted by atomic mass is 16.5. The van der Waals surface area contributed by atoms with Crippen LogP contribution in [0.2, 0.25) is 0 Å². The molecule has 1 heterocycles. The van der Waals surface area contributed by atoms with E-state index in [9.17, 15) is 4.79 Å². The van der Waals surface area contributed by atoms with Gasteiger partial charge in [-0.3, -0.25) is 9.48 Å². The van der Waals surface area contributed by atoms with Crippen molar-refractivity contribution in [2.45, 2.75) is 25.7 Å². The van der Waals surface area contributed by atoms with Gasteiger partial charge in [0, 0.05) is 18.0 Å². The topological polar surface area (TPSA) is 56.2 Å². The van der Waals surface area contributed by atoms with Gasteiger partial charge in [-0.15, -0.1) is 0 Å². The summed E-state index contributed by atoms with van der Waals surface area (Å²) >= 11 is 0. The van der Waals surface area contributed by atoms with E-state index in [1.54, 1.807) is 4.68 Å². The quantitative estimate of drug-likeness (QED) is 0.777. The maximum absolute atomic E-state index is 12.3. The van der Waals surface area contributed by atoms with Crippen molar-refractivity contribution >= 4 is 22.5 Å². The lowest BCUT2D eigenvalue weighted by Gasteiger charge is -2.10. The van der Waals surface area contributed by atoms with Gasteiger partial charge in [-0.1, -0.05) is 36.4 Å². The minimum atomic E-state index is -0.0436. The normalized spacial score (nSPS) is 13.0. The number of anilines is 1. The fourth-order valence-electron chi connectivity index (χ4n) is 3.45. The lowest BCUT2D eigenvalue weighted by atomic mass is 10.1. The second kappa shape index (κ2) is 6.59. The number of carbonyl (C=O) groups is 1. The first-order valence-electron chi connectivity index (χ1n) is 8.67. The maximum atomic E-state index is 12.3. The Balaban J connectivity index is 1.38. The van der Waals surface area contributed by atoms with Gasteiger partial charge in [0.15, 0.2) is 0 Å². The van der Waals surface area contributed by atoms with E-state index >= 15 is 0 Å². The third kappa shape index (κ3) is 3.09. The third-order valence-electron chi connectivity index (χ3n) is 4.66. The maximum Gasteiger partial charge on any atom is 0.228 e. The van der Waals surface area contributed by atoms with Crippen LogP contribution < -0.4 is 10.1 Å². The molecule has 0 saturated heterocycles. The summed E-state index contributed by atoms with van der Waals surface area (Å²) < 4.78 is 7.62. The summed E-state index contributed by atoms with van der Waals surface area (Å²) in [4.78, 5) is 12.3. The Morgan fingerprint density at radius 2 is 2.04 bits per heavy atom. The van der Waals surface area contributed by atoms with Crippen molar-refractivity contribution in [1.82, 2.24) is 9.78 Å². The zero-order chi connectivity index (χ0) is 17.2. The second-order valence-electron chi connectivity index (χ2n) is 6.37. The average molecular weight is 335 g/mol. The molecular formula is C20H21N3O2. The first-order chi connectivity index (χ1) is 12.2. The zero-order valence-corrected chi connectivity index (χ0v) is 14.3. The standard InChI is InChI=1S/C20H21N3O2/c1-23-20(16-9-5-10-17(16)22-23)21-19(24)12-13-25-18-11-4-7-14-6-2-3-8-15(14)18/h2-4,6-8,11H,5,9-10,12-13H2,1H3,(H,21,24). The molecule has 2 aromatic carbocycles. The molecule has 128 valence electrons. The lowest BCUT2D eigenvalue weighted by molar-refractivity contribution is -0.116. The summed E-state index contributed by atoms with van der Waals surface area (Å²) in [6.45, 7) is 0.347. The van der Waals surface area contributed by atoms with Crippen LogP contribution in [0.25, 0.3) is 10.8 Å². The van der Waals surface area contributed by atoms with Crippen LogP contribution in [-0.2, 0) is 24.7 Å². The molecule has 0 unspecified atom stereocenters. The molecule has 4 rings (SSSR count). The van der Waals surface area contributed by atoms with Crippen LogP contribution in [0.15, 0.2) is 42.5 Å². The molecule has 0 aliphatic heterocycles. The molecule has 1 aliphatic rings. The summed E-state index contributed by atoms with van der Waals surface area (Å²) in [6.07, 6.45) is 3.42. The van der Waals surface area contributed by atoms with E-state index in [1.165, 1.54) is 5.56 Å². The fourth-order valence-corrected chi connectivity index (χ4v) is 3.45. The van der Waals surface area contributed by atoms with Crippen molar-refractivity contribution in [3.8, 4) is 5.75 Å². The number of aryl methyl sites for hydroxylation is 2. The molecule has 1 amide bonds. The minimum Gasteiger partial charge on any atom is -0.492 e. The van der Waals surface area contributed by atoms with E-state index in [4.69, 9.17) is 4.74 Å². The van der Waals surface area contributed by atoms with E-state index in [2.05, 4.69) is 22.5 Å². The lowest BCUT2D eigenvalue weighted by Crippen LogP contribution is -2.18. The molecule has 5 nitrogen and oxygen atoms in total. The summed E-state index contributed by atoms with van der Waals surface area (Å²) in [7, 11) is 1.88. The summed E-state index contributed by atoms with van der Waals surface area (Å²) in [6, 6.07) is 14.0. The SMILES string of the molecule is Cn1nc2c(c1NC(=O)CCOc1cccc3ccccc13)CCC2. The van der Waals surface area contributed by atoms with E-state index in [-0.39, 0.29) is 5.91 Å². The number of hydrogen-bond acceptors (Lipinski definition) is 3. The molecule has 0 radical (unpaired) electrons. The monoisotopic (exact) mass is 335 g/mol. The Hall–Kier alpha value is -2.82. The number of aromatic nitrogens is 2. The molecule has 5 heteroatoms. The van der Waals surface area contributed by atoms with Gasteiger partial charge in [0.05, 0.1) is 18.7 Å². The van der Waals surface area contributed by atoms with Crippen molar-refractivity contribution in [3.05, 3.63) is 53.7 Å². The number of hydrogen-bond donors (Lipinski definition) is 1. The Bertz CT molecular complexity index is 925. The molecule has 0 saturated carbocycles. The molecule has 25 heavy (non-hydrogen) atoms. The molecule has 0 atom stereocenters. The Labute approximate surface area is 146 Å². The number of nitrogens with one attached hydrogen (secondary N) is 1. The van der Waals surface area contributed by atoms with Crippen molar-refractivity contribution in [1.29, 1.82) is 0 Å². The smallest absolute Gasteiger partial charge is 0.228 e. The van der Waals surface area contributed by atoms with Crippen LogP contribution in [0.5, 0.6) is 5.75 Å². The summed E-state index contributed by atoms with van der Waals surface area (Å²) in [5, 5.41) is 9.67. The van der Waals surface area contributed by atoms with Gasteiger partial charge >= 0.3 is 0 Å². The predicted octanol–water partition coefficient (Wildman–Crippen LogP) is 3.47. The number of rotatable bonds is 5. The fraction of sp³-hybridized carbons (Fsp3) is 0.300. The molecule has 1 aromatic heterocycles. The Kier molecular flexibility index (Phi) is 4.14. The first kappa shape index (κ1) is 15.7. The molecule has 1 aliphatic carbocycles. The van der Waals surface area contributed by atoms with Crippen LogP contribution in [0.1, 0.15) is 24.1 Å². The zero-order valence-electron chi connectivity index (χ0n) is 14.3. The van der Waals surface area contributed by atoms with Crippen LogP contribution >= 0.6 is 0 Å². The van der Waals surface area contributed by atoms with E-state index in [0.29, 0.717) is 13.0 Å². The third-order valence-corrected chi connectivity index (χ3v) is 4.66. The van der Waals surface area contributed by atoms with Gasteiger partial charge in [-0.2, -0.15) is 5.10 Å². The van der Waals surface area contributed by atoms with Crippen LogP contribution in [0.4, 0.5) is 5.82 Å². The average Bonchev–Trinajstić information content (AvgIpc) is 3.18. The molecule has 0 spiro atoms. The predicted molar refractivity (Wildman–Crippen MR) is 97.9 cm³/mol. The molecule has 3 aromatic rings. The number of benzene rings is 2. The van der Waals surface area contributed by atoms with E-state index in [1.807, 2.05) is 37.4 Å². The van der Waals surface area contributed by atoms with E-state index in [0.717, 1.165) is 47.3 Å². The van der Waals surface area contributed by atoms with Gasteiger partial charge in [0.2, 0.25) is 5.91 Å². The number of carbonyl (C=O) groups excluding carboxylic acids is 1. The van der Waals surface area contributed by atoms with Gasteiger partial charge in [-0.05, 0) is 30.7 Å². The van der Waals surface area contributed by atoms with Gasteiger partial charge < -0.3 is 10.1 Å². The number of amides is 1. The molecular weight excluding hydrogens is 314 g/mol. The molecule has 0 bridgehead atoms. The number of fused-ring (bicyclic) bond motifs is 2. The minimum absolute atomic E-state index is 0.0436. The highest BCUT2D eigenvalue weighted by Gasteiger charge is 2.21. The van der Waals surface area contributed by atoms with E-state index < -0.39 is 0 Å². The first-order valence-corrected chi connectivity index (χ1v) is 8.67. The highest BCUT2D eigenvalue weighted by Crippen LogP contribution is 2.28. The largest absolute Gasteiger partial charge is 0.492 e. The van der Waals surface area contributed by atoms with Crippen molar-refractivity contribution in [3.63, 3.8) is 0 Å².